The van der Waals surface area contributed by atoms with Crippen LogP contribution in [0.15, 0.2) is 0 Å². The second-order valence-electron chi connectivity index (χ2n) is 6.00. The van der Waals surface area contributed by atoms with Crippen molar-refractivity contribution >= 4 is 0 Å². The molecule has 15 heavy (non-hydrogen) atoms. The largest absolute Gasteiger partial charge is 0.0654 e. The summed E-state index contributed by atoms with van der Waals surface area (Å²) in [4.78, 5) is 0. The van der Waals surface area contributed by atoms with E-state index in [1.807, 2.05) is 0 Å². The van der Waals surface area contributed by atoms with E-state index in [4.69, 9.17) is 0 Å². The van der Waals surface area contributed by atoms with E-state index in [1.54, 1.807) is 0 Å². The Bertz CT molecular complexity index is 171. The smallest absolute Gasteiger partial charge is 0.0332 e. The highest BCUT2D eigenvalue weighted by Crippen LogP contribution is 2.45. The summed E-state index contributed by atoms with van der Waals surface area (Å²) >= 11 is 0. The maximum absolute atomic E-state index is 2.49. The first kappa shape index (κ1) is 13.1. The summed E-state index contributed by atoms with van der Waals surface area (Å²) < 4.78 is 0. The van der Waals surface area contributed by atoms with Gasteiger partial charge in [0.1, 0.15) is 0 Å². The molecule has 0 nitrogen and oxygen atoms in total. The van der Waals surface area contributed by atoms with E-state index in [1.165, 1.54) is 32.1 Å². The topological polar surface area (TPSA) is 0 Å². The van der Waals surface area contributed by atoms with Crippen LogP contribution in [0.25, 0.3) is 0 Å². The van der Waals surface area contributed by atoms with Crippen molar-refractivity contribution in [2.24, 2.45) is 29.6 Å². The fraction of sp³-hybridized carbons (Fsp3) is 1.00. The summed E-state index contributed by atoms with van der Waals surface area (Å²) in [6.45, 7) is 12.1. The predicted octanol–water partition coefficient (Wildman–Crippen LogP) is 5.13. The third kappa shape index (κ3) is 2.98. The quantitative estimate of drug-likeness (QED) is 0.603. The van der Waals surface area contributed by atoms with E-state index in [9.17, 15) is 0 Å². The highest BCUT2D eigenvalue weighted by molar-refractivity contribution is 4.86. The Balaban J connectivity index is 2.75. The van der Waals surface area contributed by atoms with E-state index in [2.05, 4.69) is 34.6 Å². The first-order valence-corrected chi connectivity index (χ1v) is 7.11. The minimum absolute atomic E-state index is 0.884. The summed E-state index contributed by atoms with van der Waals surface area (Å²) in [5.74, 6) is 4.87. The lowest BCUT2D eigenvalue weighted by Crippen LogP contribution is -2.36. The van der Waals surface area contributed by atoms with Crippen molar-refractivity contribution in [3.05, 3.63) is 0 Å². The number of hydrogen-bond donors (Lipinski definition) is 0. The molecule has 0 saturated heterocycles. The van der Waals surface area contributed by atoms with Gasteiger partial charge in [0.05, 0.1) is 0 Å². The summed E-state index contributed by atoms with van der Waals surface area (Å²) in [6, 6.07) is 0. The lowest BCUT2D eigenvalue weighted by molar-refractivity contribution is 0.0527. The summed E-state index contributed by atoms with van der Waals surface area (Å²) in [5, 5.41) is 0. The highest BCUT2D eigenvalue weighted by Gasteiger charge is 2.37. The van der Waals surface area contributed by atoms with E-state index >= 15 is 0 Å². The molecule has 1 unspecified atom stereocenters. The average Bonchev–Trinajstić information content (AvgIpc) is 2.20. The summed E-state index contributed by atoms with van der Waals surface area (Å²) in [7, 11) is 0. The maximum Gasteiger partial charge on any atom is -0.0332 e. The molecule has 1 fully saturated rings. The van der Waals surface area contributed by atoms with Crippen LogP contribution in [0, 0.1) is 29.6 Å². The summed E-state index contributed by atoms with van der Waals surface area (Å²) in [5.41, 5.74) is 0. The van der Waals surface area contributed by atoms with Crippen molar-refractivity contribution < 1.29 is 0 Å². The minimum Gasteiger partial charge on any atom is -0.0654 e. The van der Waals surface area contributed by atoms with Gasteiger partial charge in [-0.15, -0.1) is 0 Å². The van der Waals surface area contributed by atoms with Crippen LogP contribution in [0.1, 0.15) is 66.7 Å². The minimum atomic E-state index is 0.884. The van der Waals surface area contributed by atoms with Crippen molar-refractivity contribution in [3.8, 4) is 0 Å². The first-order chi connectivity index (χ1) is 7.11. The first-order valence-electron chi connectivity index (χ1n) is 7.11. The lowest BCUT2D eigenvalue weighted by Gasteiger charge is -2.44. The summed E-state index contributed by atoms with van der Waals surface area (Å²) in [6.07, 6.45) is 7.19. The van der Waals surface area contributed by atoms with Crippen molar-refractivity contribution in [1.29, 1.82) is 0 Å². The van der Waals surface area contributed by atoms with Crippen LogP contribution in [0.2, 0.25) is 0 Å². The Morgan fingerprint density at radius 2 is 1.80 bits per heavy atom. The Labute approximate surface area is 96.8 Å². The van der Waals surface area contributed by atoms with Gasteiger partial charge in [-0.3, -0.25) is 0 Å². The van der Waals surface area contributed by atoms with Crippen LogP contribution in [0.3, 0.4) is 0 Å². The van der Waals surface area contributed by atoms with Crippen LogP contribution >= 0.6 is 0 Å². The van der Waals surface area contributed by atoms with Crippen LogP contribution in [0.4, 0.5) is 0 Å². The molecule has 90 valence electrons. The Morgan fingerprint density at radius 1 is 1.13 bits per heavy atom. The molecular formula is C15H30. The van der Waals surface area contributed by atoms with Crippen LogP contribution < -0.4 is 0 Å². The van der Waals surface area contributed by atoms with Crippen molar-refractivity contribution in [1.82, 2.24) is 0 Å². The Kier molecular flexibility index (Phi) is 5.15. The second kappa shape index (κ2) is 5.92. The lowest BCUT2D eigenvalue weighted by atomic mass is 9.61. The average molecular weight is 210 g/mol. The van der Waals surface area contributed by atoms with Crippen molar-refractivity contribution in [3.63, 3.8) is 0 Å². The van der Waals surface area contributed by atoms with Gasteiger partial charge in [-0.05, 0) is 36.0 Å². The third-order valence-electron chi connectivity index (χ3n) is 4.68. The van der Waals surface area contributed by atoms with Crippen LogP contribution in [-0.2, 0) is 0 Å². The SMILES string of the molecule is CCC[C@H]1[C@@H](C(C)C)C(CC)CC[C@H]1C. The molecule has 1 rings (SSSR count). The molecule has 0 aromatic rings. The Morgan fingerprint density at radius 3 is 2.27 bits per heavy atom. The molecule has 0 aromatic carbocycles. The van der Waals surface area contributed by atoms with E-state index < -0.39 is 0 Å². The molecule has 0 amide bonds. The van der Waals surface area contributed by atoms with E-state index in [0.717, 1.165) is 29.6 Å². The molecule has 0 spiro atoms. The third-order valence-corrected chi connectivity index (χ3v) is 4.68. The fourth-order valence-corrected chi connectivity index (χ4v) is 3.94. The van der Waals surface area contributed by atoms with Gasteiger partial charge in [0, 0.05) is 0 Å². The molecule has 0 bridgehead atoms. The van der Waals surface area contributed by atoms with Gasteiger partial charge in [0.25, 0.3) is 0 Å². The molecule has 0 N–H and O–H groups in total. The van der Waals surface area contributed by atoms with Gasteiger partial charge in [0.15, 0.2) is 0 Å². The van der Waals surface area contributed by atoms with Gasteiger partial charge < -0.3 is 0 Å². The second-order valence-corrected chi connectivity index (χ2v) is 6.00. The number of rotatable bonds is 4. The van der Waals surface area contributed by atoms with Gasteiger partial charge in [-0.25, -0.2) is 0 Å². The zero-order valence-corrected chi connectivity index (χ0v) is 11.4. The fourth-order valence-electron chi connectivity index (χ4n) is 3.94. The highest BCUT2D eigenvalue weighted by atomic mass is 14.4. The van der Waals surface area contributed by atoms with Crippen molar-refractivity contribution in [2.45, 2.75) is 66.7 Å². The van der Waals surface area contributed by atoms with Gasteiger partial charge in [0.2, 0.25) is 0 Å². The van der Waals surface area contributed by atoms with Gasteiger partial charge in [-0.1, -0.05) is 60.3 Å². The molecular weight excluding hydrogens is 180 g/mol. The molecule has 0 heteroatoms. The van der Waals surface area contributed by atoms with E-state index in [-0.39, 0.29) is 0 Å². The number of hydrogen-bond acceptors (Lipinski definition) is 0. The molecule has 4 atom stereocenters. The molecule has 0 radical (unpaired) electrons. The zero-order valence-electron chi connectivity index (χ0n) is 11.4. The molecule has 0 aliphatic heterocycles. The van der Waals surface area contributed by atoms with E-state index in [0.29, 0.717) is 0 Å². The standard InChI is InChI=1S/C15H30/c1-6-8-14-12(5)9-10-13(7-2)15(14)11(3)4/h11-15H,6-10H2,1-5H3/t12-,13?,14-,15+/m1/s1. The molecule has 1 aliphatic rings. The molecule has 1 saturated carbocycles. The van der Waals surface area contributed by atoms with Gasteiger partial charge >= 0.3 is 0 Å². The predicted molar refractivity (Wildman–Crippen MR) is 68.9 cm³/mol. The normalized spacial score (nSPS) is 37.2. The zero-order chi connectivity index (χ0) is 11.4. The molecule has 0 aromatic heterocycles. The molecule has 0 heterocycles. The maximum atomic E-state index is 2.49. The molecule has 1 aliphatic carbocycles. The van der Waals surface area contributed by atoms with Crippen LogP contribution in [-0.4, -0.2) is 0 Å². The van der Waals surface area contributed by atoms with Crippen molar-refractivity contribution in [2.75, 3.05) is 0 Å². The van der Waals surface area contributed by atoms with Gasteiger partial charge in [-0.2, -0.15) is 0 Å². The van der Waals surface area contributed by atoms with Crippen LogP contribution in [0.5, 0.6) is 0 Å². The Hall–Kier alpha value is 0. The monoisotopic (exact) mass is 210 g/mol.